The summed E-state index contributed by atoms with van der Waals surface area (Å²) in [5.74, 6) is 0.420. The lowest BCUT2D eigenvalue weighted by Crippen LogP contribution is -2.45. The lowest BCUT2D eigenvalue weighted by Gasteiger charge is -2.32. The van der Waals surface area contributed by atoms with Crippen molar-refractivity contribution in [3.63, 3.8) is 0 Å². The fourth-order valence-corrected chi connectivity index (χ4v) is 3.32. The standard InChI is InChI=1S/C21H22FN5O4/c1-29-18-5-4-15(11-17(18)22)24-21(28)27-10-2-3-16(12-27)30-13-19-25-20(31-26-19)14-6-8-23-9-7-14/h4-9,11,16H,2-3,10,12-13H2,1H3,(H,24,28). The lowest BCUT2D eigenvalue weighted by atomic mass is 10.1. The molecule has 31 heavy (non-hydrogen) atoms. The number of likely N-dealkylation sites (tertiary alicyclic amines) is 1. The van der Waals surface area contributed by atoms with E-state index in [9.17, 15) is 9.18 Å². The van der Waals surface area contributed by atoms with Crippen molar-refractivity contribution in [3.05, 3.63) is 54.4 Å². The van der Waals surface area contributed by atoms with Gasteiger partial charge in [-0.25, -0.2) is 9.18 Å². The van der Waals surface area contributed by atoms with E-state index in [4.69, 9.17) is 14.0 Å². The van der Waals surface area contributed by atoms with Gasteiger partial charge < -0.3 is 24.2 Å². The molecular formula is C21H22FN5O4. The summed E-state index contributed by atoms with van der Waals surface area (Å²) in [4.78, 5) is 22.5. The molecule has 0 aliphatic carbocycles. The van der Waals surface area contributed by atoms with Gasteiger partial charge in [0.05, 0.1) is 13.2 Å². The van der Waals surface area contributed by atoms with Gasteiger partial charge in [0.15, 0.2) is 17.4 Å². The van der Waals surface area contributed by atoms with E-state index in [0.29, 0.717) is 30.5 Å². The smallest absolute Gasteiger partial charge is 0.321 e. The van der Waals surface area contributed by atoms with Crippen LogP contribution in [-0.2, 0) is 11.3 Å². The van der Waals surface area contributed by atoms with Gasteiger partial charge in [0.1, 0.15) is 6.61 Å². The number of hydrogen-bond acceptors (Lipinski definition) is 7. The van der Waals surface area contributed by atoms with Crippen LogP contribution in [0.15, 0.2) is 47.2 Å². The number of nitrogens with zero attached hydrogens (tertiary/aromatic N) is 4. The van der Waals surface area contributed by atoms with Crippen LogP contribution >= 0.6 is 0 Å². The monoisotopic (exact) mass is 427 g/mol. The van der Waals surface area contributed by atoms with Crippen molar-refractivity contribution in [2.24, 2.45) is 0 Å². The average molecular weight is 427 g/mol. The first-order valence-electron chi connectivity index (χ1n) is 9.86. The highest BCUT2D eigenvalue weighted by Gasteiger charge is 2.25. The summed E-state index contributed by atoms with van der Waals surface area (Å²) in [5.41, 5.74) is 1.14. The number of hydrogen-bond donors (Lipinski definition) is 1. The van der Waals surface area contributed by atoms with Crippen LogP contribution in [0.5, 0.6) is 5.75 Å². The Bertz CT molecular complexity index is 1030. The van der Waals surface area contributed by atoms with E-state index in [1.54, 1.807) is 35.5 Å². The van der Waals surface area contributed by atoms with Crippen molar-refractivity contribution >= 4 is 11.7 Å². The summed E-state index contributed by atoms with van der Waals surface area (Å²) in [6, 6.07) is 7.55. The van der Waals surface area contributed by atoms with E-state index in [0.717, 1.165) is 18.4 Å². The molecular weight excluding hydrogens is 405 g/mol. The lowest BCUT2D eigenvalue weighted by molar-refractivity contribution is -0.00242. The predicted octanol–water partition coefficient (Wildman–Crippen LogP) is 3.49. The van der Waals surface area contributed by atoms with Crippen molar-refractivity contribution in [2.45, 2.75) is 25.6 Å². The molecule has 1 aliphatic rings. The van der Waals surface area contributed by atoms with Gasteiger partial charge in [-0.15, -0.1) is 0 Å². The minimum Gasteiger partial charge on any atom is -0.494 e. The van der Waals surface area contributed by atoms with E-state index >= 15 is 0 Å². The molecule has 1 saturated heterocycles. The maximum atomic E-state index is 13.8. The minimum atomic E-state index is -0.536. The van der Waals surface area contributed by atoms with Gasteiger partial charge >= 0.3 is 6.03 Å². The van der Waals surface area contributed by atoms with Gasteiger partial charge in [-0.05, 0) is 37.1 Å². The molecule has 2 amide bonds. The fourth-order valence-electron chi connectivity index (χ4n) is 3.32. The van der Waals surface area contributed by atoms with E-state index in [2.05, 4.69) is 20.4 Å². The number of pyridine rings is 1. The molecule has 9 nitrogen and oxygen atoms in total. The number of halogens is 1. The summed E-state index contributed by atoms with van der Waals surface area (Å²) in [6.45, 7) is 1.19. The molecule has 0 radical (unpaired) electrons. The Balaban J connectivity index is 1.30. The molecule has 4 rings (SSSR count). The minimum absolute atomic E-state index is 0.123. The zero-order chi connectivity index (χ0) is 21.6. The zero-order valence-corrected chi connectivity index (χ0v) is 17.0. The van der Waals surface area contributed by atoms with Gasteiger partial charge in [0, 0.05) is 42.8 Å². The highest BCUT2D eigenvalue weighted by Crippen LogP contribution is 2.22. The van der Waals surface area contributed by atoms with Crippen molar-refractivity contribution < 1.29 is 23.2 Å². The molecule has 1 fully saturated rings. The van der Waals surface area contributed by atoms with Gasteiger partial charge in [-0.3, -0.25) is 4.98 Å². The third kappa shape index (κ3) is 5.15. The number of nitrogens with one attached hydrogen (secondary N) is 1. The summed E-state index contributed by atoms with van der Waals surface area (Å²) < 4.78 is 29.9. The quantitative estimate of drug-likeness (QED) is 0.642. The number of carbonyl (C=O) groups excluding carboxylic acids is 1. The Morgan fingerprint density at radius 1 is 1.32 bits per heavy atom. The molecule has 1 atom stereocenters. The molecule has 162 valence electrons. The first kappa shape index (κ1) is 20.7. The second-order valence-corrected chi connectivity index (χ2v) is 7.05. The topological polar surface area (TPSA) is 103 Å². The summed E-state index contributed by atoms with van der Waals surface area (Å²) in [5, 5.41) is 6.65. The zero-order valence-electron chi connectivity index (χ0n) is 17.0. The Hall–Kier alpha value is -3.53. The number of aromatic nitrogens is 3. The van der Waals surface area contributed by atoms with E-state index in [1.165, 1.54) is 19.2 Å². The fraction of sp³-hybridized carbons (Fsp3) is 0.333. The first-order chi connectivity index (χ1) is 15.1. The largest absolute Gasteiger partial charge is 0.494 e. The van der Waals surface area contributed by atoms with Gasteiger partial charge in [-0.2, -0.15) is 4.98 Å². The molecule has 0 bridgehead atoms. The number of ether oxygens (including phenoxy) is 2. The number of piperidine rings is 1. The van der Waals surface area contributed by atoms with Crippen molar-refractivity contribution in [3.8, 4) is 17.2 Å². The van der Waals surface area contributed by atoms with Crippen molar-refractivity contribution in [1.82, 2.24) is 20.0 Å². The van der Waals surface area contributed by atoms with Crippen LogP contribution in [-0.4, -0.2) is 52.4 Å². The second-order valence-electron chi connectivity index (χ2n) is 7.05. The molecule has 0 spiro atoms. The maximum absolute atomic E-state index is 13.8. The summed E-state index contributed by atoms with van der Waals surface area (Å²) in [7, 11) is 1.39. The second kappa shape index (κ2) is 9.52. The number of rotatable bonds is 6. The molecule has 1 aromatic carbocycles. The Morgan fingerprint density at radius 2 is 2.16 bits per heavy atom. The van der Waals surface area contributed by atoms with Crippen LogP contribution in [0.3, 0.4) is 0 Å². The average Bonchev–Trinajstić information content (AvgIpc) is 3.28. The summed E-state index contributed by atoms with van der Waals surface area (Å²) in [6.07, 6.45) is 4.75. The number of amides is 2. The molecule has 0 saturated carbocycles. The normalized spacial score (nSPS) is 16.2. The molecule has 1 N–H and O–H groups in total. The van der Waals surface area contributed by atoms with Gasteiger partial charge in [-0.1, -0.05) is 5.16 Å². The molecule has 3 heterocycles. The van der Waals surface area contributed by atoms with E-state index in [-0.39, 0.29) is 24.5 Å². The third-order valence-corrected chi connectivity index (χ3v) is 4.91. The number of carbonyl (C=O) groups is 1. The molecule has 1 aliphatic heterocycles. The van der Waals surface area contributed by atoms with Crippen LogP contribution in [0.2, 0.25) is 0 Å². The van der Waals surface area contributed by atoms with Gasteiger partial charge in [0.25, 0.3) is 5.89 Å². The van der Waals surface area contributed by atoms with E-state index in [1.807, 2.05) is 0 Å². The third-order valence-electron chi connectivity index (χ3n) is 4.91. The first-order valence-corrected chi connectivity index (χ1v) is 9.86. The number of benzene rings is 1. The molecule has 1 unspecified atom stereocenters. The number of methoxy groups -OCH3 is 1. The highest BCUT2D eigenvalue weighted by molar-refractivity contribution is 5.89. The van der Waals surface area contributed by atoms with Crippen LogP contribution < -0.4 is 10.1 Å². The Labute approximate surface area is 178 Å². The van der Waals surface area contributed by atoms with Crippen LogP contribution in [0.1, 0.15) is 18.7 Å². The van der Waals surface area contributed by atoms with Crippen LogP contribution in [0.4, 0.5) is 14.9 Å². The summed E-state index contributed by atoms with van der Waals surface area (Å²) >= 11 is 0. The van der Waals surface area contributed by atoms with Crippen molar-refractivity contribution in [1.29, 1.82) is 0 Å². The number of anilines is 1. The highest BCUT2D eigenvalue weighted by atomic mass is 19.1. The van der Waals surface area contributed by atoms with Gasteiger partial charge in [0.2, 0.25) is 0 Å². The maximum Gasteiger partial charge on any atom is 0.321 e. The molecule has 3 aromatic rings. The van der Waals surface area contributed by atoms with Crippen LogP contribution in [0.25, 0.3) is 11.5 Å². The van der Waals surface area contributed by atoms with E-state index < -0.39 is 5.82 Å². The Morgan fingerprint density at radius 3 is 2.94 bits per heavy atom. The Kier molecular flexibility index (Phi) is 6.37. The molecule has 2 aromatic heterocycles. The van der Waals surface area contributed by atoms with Crippen molar-refractivity contribution in [2.75, 3.05) is 25.5 Å². The SMILES string of the molecule is COc1ccc(NC(=O)N2CCCC(OCc3noc(-c4ccncc4)n3)C2)cc1F. The number of urea groups is 1. The predicted molar refractivity (Wildman–Crippen MR) is 109 cm³/mol. The van der Waals surface area contributed by atoms with Crippen LogP contribution in [0, 0.1) is 5.82 Å². The molecule has 10 heteroatoms.